The molecular weight excluding hydrogens is 252 g/mol. The van der Waals surface area contributed by atoms with Gasteiger partial charge in [-0.25, -0.2) is 0 Å². The summed E-state index contributed by atoms with van der Waals surface area (Å²) in [6.07, 6.45) is 0. The first-order valence-corrected chi connectivity index (χ1v) is 6.54. The van der Waals surface area contributed by atoms with Crippen molar-refractivity contribution in [1.82, 2.24) is 5.32 Å². The minimum absolute atomic E-state index is 0.126. The average molecular weight is 268 g/mol. The monoisotopic (exact) mass is 268 g/mol. The van der Waals surface area contributed by atoms with Gasteiger partial charge >= 0.3 is 0 Å². The van der Waals surface area contributed by atoms with Crippen LogP contribution in [0.4, 0.5) is 5.69 Å². The molecule has 1 aliphatic rings. The van der Waals surface area contributed by atoms with Crippen LogP contribution < -0.4 is 15.8 Å². The molecule has 2 aromatic rings. The molecule has 0 saturated heterocycles. The van der Waals surface area contributed by atoms with E-state index >= 15 is 0 Å². The smallest absolute Gasteiger partial charge is 0.253 e. The number of ether oxygens (including phenoxy) is 1. The van der Waals surface area contributed by atoms with Gasteiger partial charge in [-0.15, -0.1) is 0 Å². The van der Waals surface area contributed by atoms with Gasteiger partial charge in [-0.05, 0) is 30.7 Å². The third-order valence-electron chi connectivity index (χ3n) is 3.46. The summed E-state index contributed by atoms with van der Waals surface area (Å²) in [5.41, 5.74) is 8.94. The van der Waals surface area contributed by atoms with Crippen LogP contribution in [0.5, 0.6) is 5.75 Å². The van der Waals surface area contributed by atoms with Crippen molar-refractivity contribution in [1.29, 1.82) is 0 Å². The number of nitrogens with one attached hydrogen (secondary N) is 1. The van der Waals surface area contributed by atoms with E-state index in [2.05, 4.69) is 5.32 Å². The number of benzene rings is 2. The van der Waals surface area contributed by atoms with Crippen molar-refractivity contribution in [3.05, 3.63) is 59.2 Å². The lowest BCUT2D eigenvalue weighted by molar-refractivity contribution is 0.0931. The van der Waals surface area contributed by atoms with E-state index in [4.69, 9.17) is 10.5 Å². The van der Waals surface area contributed by atoms with E-state index in [1.165, 1.54) is 0 Å². The zero-order valence-corrected chi connectivity index (χ0v) is 11.2. The van der Waals surface area contributed by atoms with Crippen molar-refractivity contribution in [3.8, 4) is 5.75 Å². The van der Waals surface area contributed by atoms with Gasteiger partial charge in [0.1, 0.15) is 12.4 Å². The molecule has 0 spiro atoms. The Labute approximate surface area is 117 Å². The highest BCUT2D eigenvalue weighted by atomic mass is 16.5. The van der Waals surface area contributed by atoms with E-state index in [1.54, 1.807) is 12.1 Å². The fourth-order valence-electron chi connectivity index (χ4n) is 2.41. The Bertz CT molecular complexity index is 667. The summed E-state index contributed by atoms with van der Waals surface area (Å²) in [6, 6.07) is 13.0. The summed E-state index contributed by atoms with van der Waals surface area (Å²) in [7, 11) is 0. The van der Waals surface area contributed by atoms with Gasteiger partial charge in [0.05, 0.1) is 11.6 Å². The number of carbonyl (C=O) groups excluding carboxylic acids is 1. The highest BCUT2D eigenvalue weighted by molar-refractivity contribution is 5.99. The molecule has 1 unspecified atom stereocenters. The second-order valence-electron chi connectivity index (χ2n) is 4.97. The van der Waals surface area contributed by atoms with Crippen LogP contribution in [-0.4, -0.2) is 12.5 Å². The van der Waals surface area contributed by atoms with E-state index in [9.17, 15) is 4.79 Å². The highest BCUT2D eigenvalue weighted by Crippen LogP contribution is 2.32. The largest absolute Gasteiger partial charge is 0.491 e. The van der Waals surface area contributed by atoms with Crippen molar-refractivity contribution in [2.24, 2.45) is 0 Å². The van der Waals surface area contributed by atoms with Gasteiger partial charge in [-0.1, -0.05) is 24.3 Å². The van der Waals surface area contributed by atoms with Crippen LogP contribution in [0.3, 0.4) is 0 Å². The molecule has 0 aromatic heterocycles. The van der Waals surface area contributed by atoms with Gasteiger partial charge in [-0.2, -0.15) is 0 Å². The second-order valence-corrected chi connectivity index (χ2v) is 4.97. The number of anilines is 1. The Morgan fingerprint density at radius 1 is 1.30 bits per heavy atom. The minimum atomic E-state index is -0.173. The quantitative estimate of drug-likeness (QED) is 0.822. The van der Waals surface area contributed by atoms with Crippen LogP contribution in [-0.2, 0) is 0 Å². The molecule has 4 nitrogen and oxygen atoms in total. The number of nitrogens with two attached hydrogens (primary N) is 1. The molecule has 3 rings (SSSR count). The Morgan fingerprint density at radius 2 is 2.10 bits per heavy atom. The standard InChI is InChI=1S/C16H16N2O2/c1-10-6-7-11(13(17)8-10)16(19)18-14-9-20-15-5-3-2-4-12(14)15/h2-8,14H,9,17H2,1H3,(H,18,19). The first-order chi connectivity index (χ1) is 9.65. The van der Waals surface area contributed by atoms with Crippen LogP contribution >= 0.6 is 0 Å². The fraction of sp³-hybridized carbons (Fsp3) is 0.188. The molecule has 1 heterocycles. The molecule has 102 valence electrons. The predicted octanol–water partition coefficient (Wildman–Crippen LogP) is 2.44. The maximum Gasteiger partial charge on any atom is 0.253 e. The molecule has 3 N–H and O–H groups in total. The van der Waals surface area contributed by atoms with Crippen LogP contribution in [0.1, 0.15) is 27.5 Å². The number of hydrogen-bond donors (Lipinski definition) is 2. The topological polar surface area (TPSA) is 64.3 Å². The van der Waals surface area contributed by atoms with Crippen molar-refractivity contribution in [2.75, 3.05) is 12.3 Å². The fourth-order valence-corrected chi connectivity index (χ4v) is 2.41. The first-order valence-electron chi connectivity index (χ1n) is 6.54. The molecule has 20 heavy (non-hydrogen) atoms. The summed E-state index contributed by atoms with van der Waals surface area (Å²) in [5.74, 6) is 0.655. The number of fused-ring (bicyclic) bond motifs is 1. The molecule has 1 amide bonds. The van der Waals surface area contributed by atoms with E-state index in [0.29, 0.717) is 17.9 Å². The van der Waals surface area contributed by atoms with Gasteiger partial charge in [0.2, 0.25) is 0 Å². The van der Waals surface area contributed by atoms with Crippen molar-refractivity contribution >= 4 is 11.6 Å². The highest BCUT2D eigenvalue weighted by Gasteiger charge is 2.25. The number of hydrogen-bond acceptors (Lipinski definition) is 3. The van der Waals surface area contributed by atoms with E-state index in [1.807, 2.05) is 37.3 Å². The second kappa shape index (κ2) is 4.89. The van der Waals surface area contributed by atoms with Crippen LogP contribution in [0, 0.1) is 6.92 Å². The van der Waals surface area contributed by atoms with Gasteiger partial charge in [0.25, 0.3) is 5.91 Å². The van der Waals surface area contributed by atoms with Crippen LogP contribution in [0.25, 0.3) is 0 Å². The summed E-state index contributed by atoms with van der Waals surface area (Å²) < 4.78 is 5.55. The Morgan fingerprint density at radius 3 is 2.90 bits per heavy atom. The number of carbonyl (C=O) groups is 1. The number of nitrogen functional groups attached to an aromatic ring is 1. The molecule has 0 saturated carbocycles. The first kappa shape index (κ1) is 12.5. The summed E-state index contributed by atoms with van der Waals surface area (Å²) in [4.78, 5) is 12.3. The maximum absolute atomic E-state index is 12.3. The molecular formula is C16H16N2O2. The zero-order chi connectivity index (χ0) is 14.1. The molecule has 4 heteroatoms. The average Bonchev–Trinajstić information content (AvgIpc) is 2.82. The lowest BCUT2D eigenvalue weighted by Crippen LogP contribution is -2.30. The Balaban J connectivity index is 1.81. The van der Waals surface area contributed by atoms with Crippen LogP contribution in [0.15, 0.2) is 42.5 Å². The Kier molecular flexibility index (Phi) is 3.06. The van der Waals surface area contributed by atoms with Gasteiger partial charge in [-0.3, -0.25) is 4.79 Å². The number of rotatable bonds is 2. The van der Waals surface area contributed by atoms with Gasteiger partial charge < -0.3 is 15.8 Å². The molecule has 0 radical (unpaired) electrons. The van der Waals surface area contributed by atoms with E-state index in [0.717, 1.165) is 16.9 Å². The number of aryl methyl sites for hydroxylation is 1. The molecule has 0 bridgehead atoms. The van der Waals surface area contributed by atoms with Crippen LogP contribution in [0.2, 0.25) is 0 Å². The SMILES string of the molecule is Cc1ccc(C(=O)NC2COc3ccccc32)c(N)c1. The molecule has 1 aliphatic heterocycles. The zero-order valence-electron chi connectivity index (χ0n) is 11.2. The summed E-state index contributed by atoms with van der Waals surface area (Å²) >= 11 is 0. The molecule has 2 aromatic carbocycles. The number of para-hydroxylation sites is 1. The van der Waals surface area contributed by atoms with E-state index < -0.39 is 0 Å². The molecule has 1 atom stereocenters. The third-order valence-corrected chi connectivity index (χ3v) is 3.46. The molecule has 0 aliphatic carbocycles. The number of amides is 1. The summed E-state index contributed by atoms with van der Waals surface area (Å²) in [5, 5.41) is 2.97. The molecule has 0 fully saturated rings. The lowest BCUT2D eigenvalue weighted by atomic mass is 10.1. The van der Waals surface area contributed by atoms with Gasteiger partial charge in [0, 0.05) is 11.3 Å². The minimum Gasteiger partial charge on any atom is -0.491 e. The summed E-state index contributed by atoms with van der Waals surface area (Å²) in [6.45, 7) is 2.40. The normalized spacial score (nSPS) is 16.4. The maximum atomic E-state index is 12.3. The lowest BCUT2D eigenvalue weighted by Gasteiger charge is -2.13. The third kappa shape index (κ3) is 2.20. The van der Waals surface area contributed by atoms with Crippen molar-refractivity contribution < 1.29 is 9.53 Å². The van der Waals surface area contributed by atoms with Crippen molar-refractivity contribution in [3.63, 3.8) is 0 Å². The Hall–Kier alpha value is -2.49. The predicted molar refractivity (Wildman–Crippen MR) is 77.7 cm³/mol. The van der Waals surface area contributed by atoms with Gasteiger partial charge in [0.15, 0.2) is 0 Å². The van der Waals surface area contributed by atoms with E-state index in [-0.39, 0.29) is 11.9 Å². The van der Waals surface area contributed by atoms with Crippen molar-refractivity contribution in [2.45, 2.75) is 13.0 Å².